The second-order valence-electron chi connectivity index (χ2n) is 7.55. The third kappa shape index (κ3) is 5.51. The van der Waals surface area contributed by atoms with Gasteiger partial charge in [0.05, 0.1) is 24.6 Å². The molecule has 3 aromatic rings. The second-order valence-corrected chi connectivity index (χ2v) is 7.55. The lowest BCUT2D eigenvalue weighted by atomic mass is 10.1. The van der Waals surface area contributed by atoms with Crippen LogP contribution >= 0.6 is 0 Å². The third-order valence-electron chi connectivity index (χ3n) is 5.06. The first-order valence-electron chi connectivity index (χ1n) is 10.4. The number of oxazole rings is 1. The minimum absolute atomic E-state index is 0.166. The average molecular weight is 419 g/mol. The van der Waals surface area contributed by atoms with Gasteiger partial charge in [-0.1, -0.05) is 30.3 Å². The van der Waals surface area contributed by atoms with E-state index in [2.05, 4.69) is 15.6 Å². The fraction of sp³-hybridized carbons (Fsp3) is 0.292. The molecule has 1 aliphatic carbocycles. The predicted molar refractivity (Wildman–Crippen MR) is 117 cm³/mol. The summed E-state index contributed by atoms with van der Waals surface area (Å²) >= 11 is 0. The molecule has 1 heterocycles. The number of hydrogen-bond acceptors (Lipinski definition) is 5. The molecule has 0 bridgehead atoms. The lowest BCUT2D eigenvalue weighted by Gasteiger charge is -2.12. The molecule has 2 aromatic carbocycles. The Kier molecular flexibility index (Phi) is 6.31. The molecule has 0 aliphatic heterocycles. The lowest BCUT2D eigenvalue weighted by molar-refractivity contribution is -0.116. The summed E-state index contributed by atoms with van der Waals surface area (Å²) in [6.07, 6.45) is 5.11. The third-order valence-corrected chi connectivity index (χ3v) is 5.06. The van der Waals surface area contributed by atoms with E-state index >= 15 is 0 Å². The zero-order chi connectivity index (χ0) is 21.6. The van der Waals surface area contributed by atoms with Crippen molar-refractivity contribution in [2.75, 3.05) is 12.4 Å². The van der Waals surface area contributed by atoms with Crippen LogP contribution in [0.15, 0.2) is 59.1 Å². The van der Waals surface area contributed by atoms with Gasteiger partial charge in [0.15, 0.2) is 11.7 Å². The number of ether oxygens (including phenoxy) is 1. The van der Waals surface area contributed by atoms with Gasteiger partial charge in [0, 0.05) is 24.4 Å². The Labute approximate surface area is 180 Å². The van der Waals surface area contributed by atoms with Crippen LogP contribution in [0.25, 0.3) is 11.3 Å². The van der Waals surface area contributed by atoms with E-state index in [1.54, 1.807) is 31.5 Å². The highest BCUT2D eigenvalue weighted by atomic mass is 16.5. The Morgan fingerprint density at radius 2 is 1.97 bits per heavy atom. The van der Waals surface area contributed by atoms with Crippen molar-refractivity contribution in [3.63, 3.8) is 0 Å². The minimum Gasteiger partial charge on any atom is -0.497 e. The van der Waals surface area contributed by atoms with Crippen molar-refractivity contribution in [1.82, 2.24) is 10.3 Å². The summed E-state index contributed by atoms with van der Waals surface area (Å²) in [5.74, 6) is 1.51. The minimum atomic E-state index is -0.204. The number of benzene rings is 2. The number of rotatable bonds is 9. The maximum absolute atomic E-state index is 12.5. The molecule has 0 spiro atoms. The van der Waals surface area contributed by atoms with Gasteiger partial charge in [0.2, 0.25) is 5.91 Å². The van der Waals surface area contributed by atoms with Crippen LogP contribution in [0.5, 0.6) is 5.75 Å². The van der Waals surface area contributed by atoms with Gasteiger partial charge in [-0.15, -0.1) is 0 Å². The lowest BCUT2D eigenvalue weighted by Crippen LogP contribution is -2.27. The highest BCUT2D eigenvalue weighted by Gasteiger charge is 2.25. The second kappa shape index (κ2) is 9.47. The van der Waals surface area contributed by atoms with Crippen molar-refractivity contribution in [3.8, 4) is 17.1 Å². The van der Waals surface area contributed by atoms with Crippen LogP contribution < -0.4 is 15.4 Å². The molecule has 7 heteroatoms. The molecule has 0 saturated heterocycles. The van der Waals surface area contributed by atoms with Crippen molar-refractivity contribution in [3.05, 3.63) is 66.2 Å². The molecular weight excluding hydrogens is 394 g/mol. The van der Waals surface area contributed by atoms with Crippen LogP contribution in [0, 0.1) is 0 Å². The van der Waals surface area contributed by atoms with Gasteiger partial charge in [0.25, 0.3) is 5.91 Å². The molecule has 4 rings (SSSR count). The van der Waals surface area contributed by atoms with Crippen LogP contribution in [0.2, 0.25) is 0 Å². The smallest absolute Gasteiger partial charge is 0.253 e. The van der Waals surface area contributed by atoms with Gasteiger partial charge < -0.3 is 19.8 Å². The van der Waals surface area contributed by atoms with Crippen LogP contribution in [0.4, 0.5) is 5.69 Å². The van der Waals surface area contributed by atoms with Gasteiger partial charge in [-0.2, -0.15) is 0 Å². The summed E-state index contributed by atoms with van der Waals surface area (Å²) in [5, 5.41) is 5.80. The molecule has 160 valence electrons. The van der Waals surface area contributed by atoms with Crippen LogP contribution in [-0.4, -0.2) is 29.9 Å². The van der Waals surface area contributed by atoms with E-state index in [1.807, 2.05) is 30.3 Å². The molecule has 1 saturated carbocycles. The quantitative estimate of drug-likeness (QED) is 0.542. The van der Waals surface area contributed by atoms with E-state index in [1.165, 1.54) is 0 Å². The monoisotopic (exact) mass is 419 g/mol. The van der Waals surface area contributed by atoms with Crippen molar-refractivity contribution < 1.29 is 18.7 Å². The summed E-state index contributed by atoms with van der Waals surface area (Å²) < 4.78 is 11.0. The van der Waals surface area contributed by atoms with E-state index in [0.717, 1.165) is 18.4 Å². The van der Waals surface area contributed by atoms with Gasteiger partial charge in [-0.3, -0.25) is 9.59 Å². The van der Waals surface area contributed by atoms with Crippen LogP contribution in [0.3, 0.4) is 0 Å². The first-order chi connectivity index (χ1) is 15.1. The molecule has 31 heavy (non-hydrogen) atoms. The molecule has 1 fully saturated rings. The first kappa shape index (κ1) is 20.7. The van der Waals surface area contributed by atoms with Crippen LogP contribution in [-0.2, 0) is 11.2 Å². The Hall–Kier alpha value is -3.61. The van der Waals surface area contributed by atoms with E-state index in [0.29, 0.717) is 47.9 Å². The number of anilines is 1. The molecule has 0 radical (unpaired) electrons. The topological polar surface area (TPSA) is 93.5 Å². The molecular formula is C24H25N3O4. The summed E-state index contributed by atoms with van der Waals surface area (Å²) in [6.45, 7) is 0. The van der Waals surface area contributed by atoms with Crippen molar-refractivity contribution in [2.24, 2.45) is 0 Å². The molecule has 2 amide bonds. The summed E-state index contributed by atoms with van der Waals surface area (Å²) in [7, 11) is 1.54. The van der Waals surface area contributed by atoms with Gasteiger partial charge in [-0.25, -0.2) is 4.98 Å². The molecule has 2 N–H and O–H groups in total. The normalized spacial score (nSPS) is 12.9. The van der Waals surface area contributed by atoms with Gasteiger partial charge >= 0.3 is 0 Å². The maximum Gasteiger partial charge on any atom is 0.253 e. The highest BCUT2D eigenvalue weighted by Crippen LogP contribution is 2.25. The summed E-state index contributed by atoms with van der Waals surface area (Å²) in [5.41, 5.74) is 1.85. The molecule has 0 unspecified atom stereocenters. The Bertz CT molecular complexity index is 1060. The zero-order valence-electron chi connectivity index (χ0n) is 17.4. The number of carbonyl (C=O) groups excluding carboxylic acids is 2. The fourth-order valence-electron chi connectivity index (χ4n) is 3.21. The molecule has 1 aliphatic rings. The number of amides is 2. The summed E-state index contributed by atoms with van der Waals surface area (Å²) in [6, 6.07) is 15.0. The Morgan fingerprint density at radius 3 is 2.71 bits per heavy atom. The van der Waals surface area contributed by atoms with E-state index < -0.39 is 0 Å². The number of nitrogens with one attached hydrogen (secondary N) is 2. The van der Waals surface area contributed by atoms with E-state index in [4.69, 9.17) is 9.15 Å². The number of hydrogen-bond donors (Lipinski definition) is 2. The Balaban J connectivity index is 1.32. The van der Waals surface area contributed by atoms with Crippen molar-refractivity contribution in [1.29, 1.82) is 0 Å². The number of aromatic nitrogens is 1. The predicted octanol–water partition coefficient (Wildman–Crippen LogP) is 4.20. The fourth-order valence-corrected chi connectivity index (χ4v) is 3.21. The van der Waals surface area contributed by atoms with Crippen LogP contribution in [0.1, 0.15) is 41.9 Å². The zero-order valence-corrected chi connectivity index (χ0v) is 17.4. The van der Waals surface area contributed by atoms with E-state index in [9.17, 15) is 9.59 Å². The van der Waals surface area contributed by atoms with Gasteiger partial charge in [0.1, 0.15) is 5.75 Å². The van der Waals surface area contributed by atoms with E-state index in [-0.39, 0.29) is 17.9 Å². The average Bonchev–Trinajstić information content (AvgIpc) is 3.48. The summed E-state index contributed by atoms with van der Waals surface area (Å²) in [4.78, 5) is 29.3. The molecule has 7 nitrogen and oxygen atoms in total. The largest absolute Gasteiger partial charge is 0.497 e. The number of methoxy groups -OCH3 is 1. The van der Waals surface area contributed by atoms with Gasteiger partial charge in [-0.05, 0) is 37.5 Å². The standard InChI is InChI=1S/C24H25N3O4/c1-30-18-12-13-20(19(14-18)24(29)26-17-10-11-17)27-22(28)8-5-9-23-25-15-21(31-23)16-6-3-2-4-7-16/h2-4,6-7,12-15,17H,5,8-11H2,1H3,(H,26,29)(H,27,28). The van der Waals surface area contributed by atoms with Crippen molar-refractivity contribution >= 4 is 17.5 Å². The van der Waals surface area contributed by atoms with Crippen molar-refractivity contribution in [2.45, 2.75) is 38.1 Å². The first-order valence-corrected chi connectivity index (χ1v) is 10.4. The number of aryl methyl sites for hydroxylation is 1. The number of carbonyl (C=O) groups is 2. The molecule has 1 aromatic heterocycles. The maximum atomic E-state index is 12.5. The highest BCUT2D eigenvalue weighted by molar-refractivity contribution is 6.04. The Morgan fingerprint density at radius 1 is 1.16 bits per heavy atom. The SMILES string of the molecule is COc1ccc(NC(=O)CCCc2ncc(-c3ccccc3)o2)c(C(=O)NC2CC2)c1. The molecule has 0 atom stereocenters. The number of nitrogens with zero attached hydrogens (tertiary/aromatic N) is 1.